The molecule has 0 radical (unpaired) electrons. The number of likely N-dealkylation sites (N-methyl/N-ethyl adjacent to an activating group) is 1. The monoisotopic (exact) mass is 321 g/mol. The van der Waals surface area contributed by atoms with E-state index >= 15 is 0 Å². The quantitative estimate of drug-likeness (QED) is 0.429. The Hall–Kier alpha value is -3.46. The Kier molecular flexibility index (Phi) is 3.84. The Labute approximate surface area is 138 Å². The van der Waals surface area contributed by atoms with E-state index in [4.69, 9.17) is 0 Å². The lowest BCUT2D eigenvalue weighted by molar-refractivity contribution is -0.116. The first-order chi connectivity index (χ1) is 11.5. The van der Waals surface area contributed by atoms with Crippen LogP contribution in [0.4, 0.5) is 11.4 Å². The number of phenolic OH excluding ortho intramolecular Hbond substituents is 2. The van der Waals surface area contributed by atoms with Crippen molar-refractivity contribution in [1.82, 2.24) is 5.32 Å². The number of anilines is 2. The lowest BCUT2D eigenvalue weighted by atomic mass is 9.87. The first kappa shape index (κ1) is 15.4. The summed E-state index contributed by atoms with van der Waals surface area (Å²) >= 11 is 0. The molecule has 0 aromatic heterocycles. The van der Waals surface area contributed by atoms with Gasteiger partial charge in [0, 0.05) is 35.4 Å². The number of phenols is 2. The fourth-order valence-corrected chi connectivity index (χ4v) is 2.74. The summed E-state index contributed by atoms with van der Waals surface area (Å²) in [7, 11) is 0. The van der Waals surface area contributed by atoms with Crippen LogP contribution in [-0.2, 0) is 4.79 Å². The van der Waals surface area contributed by atoms with Gasteiger partial charge in [0.1, 0.15) is 23.1 Å². The maximum Gasteiger partial charge on any atom is 0.262 e. The topological polar surface area (TPSA) is 105 Å². The summed E-state index contributed by atoms with van der Waals surface area (Å²) in [5.74, 6) is -0.351. The van der Waals surface area contributed by atoms with Gasteiger partial charge in [0.2, 0.25) is 0 Å². The molecular weight excluding hydrogens is 306 g/mol. The third-order valence-electron chi connectivity index (χ3n) is 3.74. The molecule has 4 N–H and O–H groups in total. The fraction of sp³-hybridized carbons (Fsp3) is 0.111. The molecule has 0 spiro atoms. The van der Waals surface area contributed by atoms with E-state index in [2.05, 4.69) is 10.6 Å². The van der Waals surface area contributed by atoms with Gasteiger partial charge in [-0.2, -0.15) is 5.26 Å². The lowest BCUT2D eigenvalue weighted by Gasteiger charge is -2.25. The van der Waals surface area contributed by atoms with Crippen LogP contribution in [0.25, 0.3) is 5.57 Å². The van der Waals surface area contributed by atoms with E-state index in [9.17, 15) is 20.3 Å². The molecule has 0 fully saturated rings. The van der Waals surface area contributed by atoms with E-state index in [0.717, 1.165) is 0 Å². The number of rotatable bonds is 2. The molecule has 0 unspecified atom stereocenters. The van der Waals surface area contributed by atoms with Gasteiger partial charge in [0.25, 0.3) is 5.91 Å². The number of nitrogens with zero attached hydrogens (tertiary/aromatic N) is 1. The van der Waals surface area contributed by atoms with Gasteiger partial charge in [0.05, 0.1) is 11.4 Å². The van der Waals surface area contributed by atoms with Gasteiger partial charge in [0.15, 0.2) is 0 Å². The molecular formula is C18H15N3O3. The number of nitrogens with one attached hydrogen (secondary N) is 2. The van der Waals surface area contributed by atoms with E-state index < -0.39 is 5.91 Å². The highest BCUT2D eigenvalue weighted by Gasteiger charge is 2.26. The Morgan fingerprint density at radius 1 is 1.12 bits per heavy atom. The minimum Gasteiger partial charge on any atom is -0.508 e. The average Bonchev–Trinajstić information content (AvgIpc) is 2.54. The summed E-state index contributed by atoms with van der Waals surface area (Å²) in [6, 6.07) is 11.3. The maximum atomic E-state index is 12.3. The standard InChI is InChI=1S/C18H15N3O3/c1-2-20-18(24)14(9-19)17-12-5-3-10(22)7-15(12)21-16-8-11(23)4-6-13(16)17/h3-8,21-23H,2H2,1H3,(H,20,24). The Morgan fingerprint density at radius 3 is 2.12 bits per heavy atom. The normalized spacial score (nSPS) is 11.6. The van der Waals surface area contributed by atoms with E-state index in [-0.39, 0.29) is 17.1 Å². The second-order valence-corrected chi connectivity index (χ2v) is 5.31. The molecule has 0 aliphatic carbocycles. The second-order valence-electron chi connectivity index (χ2n) is 5.31. The lowest BCUT2D eigenvalue weighted by Crippen LogP contribution is -2.25. The SMILES string of the molecule is CCNC(=O)C(C#N)=C1c2ccc(O)cc2Nc2cc(O)ccc21. The van der Waals surface area contributed by atoms with Crippen molar-refractivity contribution in [3.8, 4) is 17.6 Å². The van der Waals surface area contributed by atoms with E-state index in [1.165, 1.54) is 24.3 Å². The summed E-state index contributed by atoms with van der Waals surface area (Å²) in [4.78, 5) is 12.3. The van der Waals surface area contributed by atoms with Crippen molar-refractivity contribution in [2.45, 2.75) is 6.92 Å². The van der Waals surface area contributed by atoms with Crippen LogP contribution in [0, 0.1) is 11.3 Å². The largest absolute Gasteiger partial charge is 0.508 e. The smallest absolute Gasteiger partial charge is 0.262 e. The average molecular weight is 321 g/mol. The predicted molar refractivity (Wildman–Crippen MR) is 89.8 cm³/mol. The molecule has 1 aliphatic heterocycles. The van der Waals surface area contributed by atoms with Crippen LogP contribution < -0.4 is 10.6 Å². The number of benzene rings is 2. The minimum atomic E-state index is -0.463. The number of aromatic hydroxyl groups is 2. The zero-order valence-electron chi connectivity index (χ0n) is 12.9. The second kappa shape index (κ2) is 5.97. The molecule has 1 amide bonds. The van der Waals surface area contributed by atoms with E-state index in [1.54, 1.807) is 19.1 Å². The van der Waals surface area contributed by atoms with Gasteiger partial charge in [-0.15, -0.1) is 0 Å². The molecule has 2 aromatic rings. The number of fused-ring (bicyclic) bond motifs is 2. The molecule has 0 atom stereocenters. The highest BCUT2D eigenvalue weighted by molar-refractivity contribution is 6.12. The third kappa shape index (κ3) is 2.52. The highest BCUT2D eigenvalue weighted by atomic mass is 16.3. The van der Waals surface area contributed by atoms with Crippen molar-refractivity contribution in [2.75, 3.05) is 11.9 Å². The third-order valence-corrected chi connectivity index (χ3v) is 3.74. The van der Waals surface area contributed by atoms with Crippen molar-refractivity contribution in [1.29, 1.82) is 5.26 Å². The zero-order valence-corrected chi connectivity index (χ0v) is 12.9. The predicted octanol–water partition coefficient (Wildman–Crippen LogP) is 2.62. The molecule has 6 heteroatoms. The maximum absolute atomic E-state index is 12.3. The zero-order chi connectivity index (χ0) is 17.3. The van der Waals surface area contributed by atoms with Crippen molar-refractivity contribution in [2.24, 2.45) is 0 Å². The summed E-state index contributed by atoms with van der Waals surface area (Å²) in [5.41, 5.74) is 2.83. The molecule has 2 aromatic carbocycles. The number of carbonyl (C=O) groups is 1. The van der Waals surface area contributed by atoms with Crippen LogP contribution >= 0.6 is 0 Å². The van der Waals surface area contributed by atoms with Gasteiger partial charge in [-0.1, -0.05) is 0 Å². The summed E-state index contributed by atoms with van der Waals surface area (Å²) in [6.07, 6.45) is 0. The van der Waals surface area contributed by atoms with Gasteiger partial charge < -0.3 is 20.8 Å². The molecule has 120 valence electrons. The van der Waals surface area contributed by atoms with Gasteiger partial charge in [-0.25, -0.2) is 0 Å². The molecule has 1 heterocycles. The van der Waals surface area contributed by atoms with Crippen LogP contribution in [-0.4, -0.2) is 22.7 Å². The molecule has 24 heavy (non-hydrogen) atoms. The van der Waals surface area contributed by atoms with Crippen LogP contribution in [0.1, 0.15) is 18.1 Å². The highest BCUT2D eigenvalue weighted by Crippen LogP contribution is 2.44. The van der Waals surface area contributed by atoms with Gasteiger partial charge >= 0.3 is 0 Å². The number of amides is 1. The Morgan fingerprint density at radius 2 is 1.67 bits per heavy atom. The van der Waals surface area contributed by atoms with Crippen LogP contribution in [0.2, 0.25) is 0 Å². The van der Waals surface area contributed by atoms with E-state index in [1.807, 2.05) is 6.07 Å². The molecule has 0 saturated heterocycles. The summed E-state index contributed by atoms with van der Waals surface area (Å²) in [6.45, 7) is 2.18. The van der Waals surface area contributed by atoms with Crippen LogP contribution in [0.3, 0.4) is 0 Å². The molecule has 0 saturated carbocycles. The Bertz CT molecular complexity index is 857. The van der Waals surface area contributed by atoms with E-state index in [0.29, 0.717) is 34.6 Å². The van der Waals surface area contributed by atoms with Crippen molar-refractivity contribution < 1.29 is 15.0 Å². The number of nitriles is 1. The Balaban J connectivity index is 2.33. The summed E-state index contributed by atoms with van der Waals surface area (Å²) < 4.78 is 0. The van der Waals surface area contributed by atoms with Crippen LogP contribution in [0.15, 0.2) is 42.0 Å². The van der Waals surface area contributed by atoms with Gasteiger partial charge in [-0.05, 0) is 31.2 Å². The first-order valence-corrected chi connectivity index (χ1v) is 7.41. The number of hydrogen-bond donors (Lipinski definition) is 4. The molecule has 3 rings (SSSR count). The molecule has 0 bridgehead atoms. The molecule has 1 aliphatic rings. The molecule has 6 nitrogen and oxygen atoms in total. The first-order valence-electron chi connectivity index (χ1n) is 7.41. The summed E-state index contributed by atoms with van der Waals surface area (Å²) in [5, 5.41) is 34.7. The van der Waals surface area contributed by atoms with Crippen molar-refractivity contribution in [3.05, 3.63) is 53.1 Å². The minimum absolute atomic E-state index is 0.0165. The fourth-order valence-electron chi connectivity index (χ4n) is 2.74. The van der Waals surface area contributed by atoms with Gasteiger partial charge in [-0.3, -0.25) is 4.79 Å². The van der Waals surface area contributed by atoms with Crippen LogP contribution in [0.5, 0.6) is 11.5 Å². The number of carbonyl (C=O) groups excluding carboxylic acids is 1. The number of hydrogen-bond acceptors (Lipinski definition) is 5. The van der Waals surface area contributed by atoms with Crippen molar-refractivity contribution >= 4 is 22.9 Å². The van der Waals surface area contributed by atoms with Crippen molar-refractivity contribution in [3.63, 3.8) is 0 Å².